The normalized spacial score (nSPS) is 33.6. The van der Waals surface area contributed by atoms with Crippen molar-refractivity contribution < 1.29 is 0 Å². The van der Waals surface area contributed by atoms with Crippen LogP contribution >= 0.6 is 0 Å². The predicted molar refractivity (Wildman–Crippen MR) is 75.2 cm³/mol. The summed E-state index contributed by atoms with van der Waals surface area (Å²) < 4.78 is 0. The summed E-state index contributed by atoms with van der Waals surface area (Å²) in [7, 11) is 2.30. The number of rotatable bonds is 2. The molecule has 2 aliphatic heterocycles. The molecule has 2 saturated heterocycles. The minimum Gasteiger partial charge on any atom is -0.291 e. The molecule has 0 spiro atoms. The molecule has 1 aromatic rings. The van der Waals surface area contributed by atoms with E-state index in [1.165, 1.54) is 31.4 Å². The van der Waals surface area contributed by atoms with Gasteiger partial charge in [0.2, 0.25) is 0 Å². The van der Waals surface area contributed by atoms with E-state index in [2.05, 4.69) is 54.1 Å². The van der Waals surface area contributed by atoms with E-state index in [-0.39, 0.29) is 0 Å². The first-order chi connectivity index (χ1) is 8.75. The van der Waals surface area contributed by atoms with Crippen LogP contribution in [0.1, 0.15) is 31.7 Å². The molecule has 3 unspecified atom stereocenters. The maximum Gasteiger partial charge on any atom is 0.0654 e. The van der Waals surface area contributed by atoms with Crippen molar-refractivity contribution in [2.24, 2.45) is 5.92 Å². The van der Waals surface area contributed by atoms with Gasteiger partial charge in [0.25, 0.3) is 0 Å². The summed E-state index contributed by atoms with van der Waals surface area (Å²) in [5, 5.41) is 0. The molecule has 98 valence electrons. The van der Waals surface area contributed by atoms with Gasteiger partial charge in [0.15, 0.2) is 0 Å². The molecule has 0 bridgehead atoms. The lowest BCUT2D eigenvalue weighted by atomic mass is 9.94. The minimum atomic E-state index is 0.675. The van der Waals surface area contributed by atoms with E-state index >= 15 is 0 Å². The number of benzene rings is 1. The SMILES string of the molecule is CC1CC2CCCN(C)C2N1Cc1ccccc1. The minimum absolute atomic E-state index is 0.675. The van der Waals surface area contributed by atoms with Crippen molar-refractivity contribution in [3.63, 3.8) is 0 Å². The van der Waals surface area contributed by atoms with Gasteiger partial charge in [-0.25, -0.2) is 0 Å². The maximum absolute atomic E-state index is 2.71. The van der Waals surface area contributed by atoms with Crippen molar-refractivity contribution in [2.45, 2.75) is 44.9 Å². The van der Waals surface area contributed by atoms with Crippen LogP contribution in [0.3, 0.4) is 0 Å². The van der Waals surface area contributed by atoms with E-state index in [4.69, 9.17) is 0 Å². The third-order valence-electron chi connectivity index (χ3n) is 4.72. The molecule has 1 aromatic carbocycles. The zero-order chi connectivity index (χ0) is 12.5. The fourth-order valence-corrected chi connectivity index (χ4v) is 3.89. The van der Waals surface area contributed by atoms with Gasteiger partial charge in [0.05, 0.1) is 6.17 Å². The molecule has 2 fully saturated rings. The number of hydrogen-bond donors (Lipinski definition) is 0. The lowest BCUT2D eigenvalue weighted by Gasteiger charge is -2.40. The van der Waals surface area contributed by atoms with Gasteiger partial charge in [-0.2, -0.15) is 0 Å². The highest BCUT2D eigenvalue weighted by atomic mass is 15.4. The third-order valence-corrected chi connectivity index (χ3v) is 4.72. The van der Waals surface area contributed by atoms with Gasteiger partial charge in [-0.3, -0.25) is 9.80 Å². The van der Waals surface area contributed by atoms with Gasteiger partial charge >= 0.3 is 0 Å². The number of likely N-dealkylation sites (tertiary alicyclic amines) is 2. The molecule has 18 heavy (non-hydrogen) atoms. The van der Waals surface area contributed by atoms with Crippen molar-refractivity contribution >= 4 is 0 Å². The Morgan fingerprint density at radius 2 is 2.00 bits per heavy atom. The van der Waals surface area contributed by atoms with E-state index in [0.29, 0.717) is 6.17 Å². The standard InChI is InChI=1S/C16H24N2/c1-13-11-15-9-6-10-17(2)16(15)18(13)12-14-7-4-3-5-8-14/h3-5,7-8,13,15-16H,6,9-12H2,1-2H3. The first-order valence-corrected chi connectivity index (χ1v) is 7.25. The zero-order valence-corrected chi connectivity index (χ0v) is 11.5. The van der Waals surface area contributed by atoms with E-state index in [9.17, 15) is 0 Å². The Hall–Kier alpha value is -0.860. The van der Waals surface area contributed by atoms with Crippen LogP contribution in [0.25, 0.3) is 0 Å². The second-order valence-corrected chi connectivity index (χ2v) is 6.04. The molecule has 0 radical (unpaired) electrons. The van der Waals surface area contributed by atoms with Gasteiger partial charge < -0.3 is 0 Å². The van der Waals surface area contributed by atoms with Crippen LogP contribution in [0.2, 0.25) is 0 Å². The molecule has 0 aliphatic carbocycles. The fourth-order valence-electron chi connectivity index (χ4n) is 3.89. The Bertz CT molecular complexity index is 389. The fraction of sp³-hybridized carbons (Fsp3) is 0.625. The first kappa shape index (κ1) is 12.2. The molecule has 0 saturated carbocycles. The molecule has 2 nitrogen and oxygen atoms in total. The third kappa shape index (κ3) is 2.19. The number of fused-ring (bicyclic) bond motifs is 1. The van der Waals surface area contributed by atoms with Crippen molar-refractivity contribution in [2.75, 3.05) is 13.6 Å². The molecule has 0 aromatic heterocycles. The second-order valence-electron chi connectivity index (χ2n) is 6.04. The van der Waals surface area contributed by atoms with Gasteiger partial charge in [0, 0.05) is 12.6 Å². The van der Waals surface area contributed by atoms with E-state index in [0.717, 1.165) is 18.5 Å². The van der Waals surface area contributed by atoms with Crippen LogP contribution in [0.4, 0.5) is 0 Å². The highest BCUT2D eigenvalue weighted by Gasteiger charge is 2.42. The number of piperidine rings is 1. The molecule has 2 heterocycles. The topological polar surface area (TPSA) is 6.48 Å². The molecular weight excluding hydrogens is 220 g/mol. The Labute approximate surface area is 111 Å². The molecule has 3 atom stereocenters. The van der Waals surface area contributed by atoms with E-state index < -0.39 is 0 Å². The van der Waals surface area contributed by atoms with Crippen LogP contribution in [0.15, 0.2) is 30.3 Å². The average molecular weight is 244 g/mol. The summed E-state index contributed by atoms with van der Waals surface area (Å²) in [5.74, 6) is 0.891. The average Bonchev–Trinajstić information content (AvgIpc) is 2.69. The Morgan fingerprint density at radius 3 is 2.78 bits per heavy atom. The number of nitrogens with zero attached hydrogens (tertiary/aromatic N) is 2. The Morgan fingerprint density at radius 1 is 1.22 bits per heavy atom. The monoisotopic (exact) mass is 244 g/mol. The summed E-state index contributed by atoms with van der Waals surface area (Å²) in [5.41, 5.74) is 1.45. The molecule has 0 N–H and O–H groups in total. The van der Waals surface area contributed by atoms with Crippen LogP contribution in [0.5, 0.6) is 0 Å². The Balaban J connectivity index is 1.78. The van der Waals surface area contributed by atoms with E-state index in [1.807, 2.05) is 0 Å². The quantitative estimate of drug-likeness (QED) is 0.789. The first-order valence-electron chi connectivity index (χ1n) is 7.25. The van der Waals surface area contributed by atoms with Crippen molar-refractivity contribution in [1.82, 2.24) is 9.80 Å². The van der Waals surface area contributed by atoms with Crippen LogP contribution in [-0.2, 0) is 6.54 Å². The van der Waals surface area contributed by atoms with Crippen LogP contribution in [0, 0.1) is 5.92 Å². The van der Waals surface area contributed by atoms with Gasteiger partial charge in [0.1, 0.15) is 0 Å². The number of hydrogen-bond acceptors (Lipinski definition) is 2. The smallest absolute Gasteiger partial charge is 0.0654 e. The van der Waals surface area contributed by atoms with Crippen LogP contribution in [-0.4, -0.2) is 35.6 Å². The lowest BCUT2D eigenvalue weighted by Crippen LogP contribution is -2.49. The largest absolute Gasteiger partial charge is 0.291 e. The van der Waals surface area contributed by atoms with Gasteiger partial charge in [-0.15, -0.1) is 0 Å². The molecule has 2 aliphatic rings. The summed E-state index contributed by atoms with van der Waals surface area (Å²) in [6.07, 6.45) is 4.85. The molecular formula is C16H24N2. The highest BCUT2D eigenvalue weighted by molar-refractivity contribution is 5.15. The van der Waals surface area contributed by atoms with Crippen molar-refractivity contribution in [3.8, 4) is 0 Å². The van der Waals surface area contributed by atoms with Gasteiger partial charge in [-0.05, 0) is 51.3 Å². The Kier molecular flexibility index (Phi) is 3.40. The maximum atomic E-state index is 2.71. The summed E-state index contributed by atoms with van der Waals surface area (Å²) in [6.45, 7) is 4.77. The van der Waals surface area contributed by atoms with Crippen molar-refractivity contribution in [3.05, 3.63) is 35.9 Å². The second kappa shape index (κ2) is 5.02. The summed E-state index contributed by atoms with van der Waals surface area (Å²) in [4.78, 5) is 5.28. The molecule has 3 rings (SSSR count). The molecule has 2 heteroatoms. The zero-order valence-electron chi connectivity index (χ0n) is 11.5. The summed E-state index contributed by atoms with van der Waals surface area (Å²) >= 11 is 0. The summed E-state index contributed by atoms with van der Waals surface area (Å²) in [6, 6.07) is 11.6. The van der Waals surface area contributed by atoms with Crippen LogP contribution < -0.4 is 0 Å². The molecule has 0 amide bonds. The lowest BCUT2D eigenvalue weighted by molar-refractivity contribution is 0.0228. The van der Waals surface area contributed by atoms with Crippen molar-refractivity contribution in [1.29, 1.82) is 0 Å². The van der Waals surface area contributed by atoms with E-state index in [1.54, 1.807) is 0 Å². The predicted octanol–water partition coefficient (Wildman–Crippen LogP) is 2.95. The van der Waals surface area contributed by atoms with Gasteiger partial charge in [-0.1, -0.05) is 30.3 Å². The highest BCUT2D eigenvalue weighted by Crippen LogP contribution is 2.38.